The third-order valence-electron chi connectivity index (χ3n) is 3.33. The Kier molecular flexibility index (Phi) is 4.04. The maximum absolute atomic E-state index is 12.4. The number of ketones is 1. The highest BCUT2D eigenvalue weighted by atomic mass is 79.9. The van der Waals surface area contributed by atoms with Gasteiger partial charge in [-0.1, -0.05) is 35.9 Å². The number of nitrogens with zero attached hydrogens (tertiary/aromatic N) is 1. The van der Waals surface area contributed by atoms with Crippen LogP contribution in [0.3, 0.4) is 0 Å². The number of carbonyl (C=O) groups is 1. The first-order chi connectivity index (χ1) is 10.1. The number of aromatic nitrogens is 1. The van der Waals surface area contributed by atoms with Crippen LogP contribution in [0.2, 0.25) is 5.02 Å². The van der Waals surface area contributed by atoms with Crippen molar-refractivity contribution >= 4 is 44.2 Å². The van der Waals surface area contributed by atoms with Crippen LogP contribution in [0.4, 0.5) is 0 Å². The number of halogens is 2. The molecule has 0 spiro atoms. The van der Waals surface area contributed by atoms with Gasteiger partial charge in [0.25, 0.3) is 0 Å². The molecule has 0 radical (unpaired) electrons. The second kappa shape index (κ2) is 5.96. The van der Waals surface area contributed by atoms with Crippen LogP contribution in [0.25, 0.3) is 10.9 Å². The summed E-state index contributed by atoms with van der Waals surface area (Å²) in [6, 6.07) is 15.0. The lowest BCUT2D eigenvalue weighted by atomic mass is 10.0. The van der Waals surface area contributed by atoms with Crippen molar-refractivity contribution in [1.82, 2.24) is 4.98 Å². The molecular formula is C17H11BrClNO. The normalized spacial score (nSPS) is 10.8. The van der Waals surface area contributed by atoms with Crippen molar-refractivity contribution in [1.29, 1.82) is 0 Å². The Hall–Kier alpha value is -1.71. The zero-order chi connectivity index (χ0) is 14.8. The van der Waals surface area contributed by atoms with E-state index in [4.69, 9.17) is 11.6 Å². The Balaban J connectivity index is 1.94. The van der Waals surface area contributed by atoms with Crippen LogP contribution < -0.4 is 0 Å². The number of para-hydroxylation sites is 1. The minimum atomic E-state index is 0.0424. The lowest BCUT2D eigenvalue weighted by Crippen LogP contribution is -2.04. The summed E-state index contributed by atoms with van der Waals surface area (Å²) in [4.78, 5) is 16.7. The van der Waals surface area contributed by atoms with Gasteiger partial charge in [-0.3, -0.25) is 9.78 Å². The molecule has 4 heteroatoms. The van der Waals surface area contributed by atoms with Crippen molar-refractivity contribution in [2.75, 3.05) is 0 Å². The fraction of sp³-hybridized carbons (Fsp3) is 0.0588. The number of rotatable bonds is 3. The predicted molar refractivity (Wildman–Crippen MR) is 88.9 cm³/mol. The van der Waals surface area contributed by atoms with Gasteiger partial charge in [0.2, 0.25) is 0 Å². The van der Waals surface area contributed by atoms with Crippen molar-refractivity contribution in [2.24, 2.45) is 0 Å². The number of pyridine rings is 1. The first kappa shape index (κ1) is 14.2. The topological polar surface area (TPSA) is 30.0 Å². The van der Waals surface area contributed by atoms with Gasteiger partial charge in [0.15, 0.2) is 5.78 Å². The van der Waals surface area contributed by atoms with E-state index in [1.807, 2.05) is 30.3 Å². The zero-order valence-electron chi connectivity index (χ0n) is 11.0. The van der Waals surface area contributed by atoms with Gasteiger partial charge in [-0.2, -0.15) is 0 Å². The monoisotopic (exact) mass is 359 g/mol. The van der Waals surface area contributed by atoms with E-state index in [2.05, 4.69) is 20.9 Å². The lowest BCUT2D eigenvalue weighted by molar-refractivity contribution is 0.0993. The summed E-state index contributed by atoms with van der Waals surface area (Å²) in [6.45, 7) is 0. The van der Waals surface area contributed by atoms with Crippen LogP contribution in [-0.2, 0) is 6.42 Å². The Morgan fingerprint density at radius 2 is 1.95 bits per heavy atom. The minimum Gasteiger partial charge on any atom is -0.294 e. The minimum absolute atomic E-state index is 0.0424. The highest BCUT2D eigenvalue weighted by molar-refractivity contribution is 9.10. The average molecular weight is 361 g/mol. The first-order valence-electron chi connectivity index (χ1n) is 6.46. The molecule has 2 aromatic carbocycles. The predicted octanol–water partition coefficient (Wildman–Crippen LogP) is 5.08. The second-order valence-corrected chi connectivity index (χ2v) is 5.98. The molecular weight excluding hydrogens is 350 g/mol. The van der Waals surface area contributed by atoms with Gasteiger partial charge >= 0.3 is 0 Å². The fourth-order valence-corrected chi connectivity index (χ4v) is 2.68. The Labute approximate surface area is 135 Å². The number of fused-ring (bicyclic) bond motifs is 1. The molecule has 0 N–H and O–H groups in total. The Bertz CT molecular complexity index is 827. The highest BCUT2D eigenvalue weighted by Crippen LogP contribution is 2.24. The van der Waals surface area contributed by atoms with E-state index < -0.39 is 0 Å². The summed E-state index contributed by atoms with van der Waals surface area (Å²) in [7, 11) is 0. The van der Waals surface area contributed by atoms with E-state index in [1.54, 1.807) is 24.4 Å². The van der Waals surface area contributed by atoms with Gasteiger partial charge in [-0.05, 0) is 45.8 Å². The smallest absolute Gasteiger partial charge is 0.167 e. The number of Topliss-reactive ketones (excluding diaryl/α,β-unsaturated/α-hetero) is 1. The van der Waals surface area contributed by atoms with Crippen LogP contribution in [0.5, 0.6) is 0 Å². The number of hydrogen-bond donors (Lipinski definition) is 0. The van der Waals surface area contributed by atoms with E-state index in [0.29, 0.717) is 17.0 Å². The van der Waals surface area contributed by atoms with Gasteiger partial charge in [-0.15, -0.1) is 0 Å². The second-order valence-electron chi connectivity index (χ2n) is 4.72. The summed E-state index contributed by atoms with van der Waals surface area (Å²) in [5.41, 5.74) is 2.49. The molecule has 0 aliphatic heterocycles. The summed E-state index contributed by atoms with van der Waals surface area (Å²) in [5, 5.41) is 1.55. The number of carbonyl (C=O) groups excluding carboxylic acids is 1. The SMILES string of the molecule is O=C(Cc1ccnc2ccccc12)c1ccc(Br)c(Cl)c1. The molecule has 3 aromatic rings. The third kappa shape index (κ3) is 2.99. The van der Waals surface area contributed by atoms with Crippen molar-refractivity contribution in [2.45, 2.75) is 6.42 Å². The van der Waals surface area contributed by atoms with E-state index in [-0.39, 0.29) is 5.78 Å². The molecule has 21 heavy (non-hydrogen) atoms. The molecule has 0 bridgehead atoms. The van der Waals surface area contributed by atoms with Gasteiger partial charge in [0.1, 0.15) is 0 Å². The van der Waals surface area contributed by atoms with Gasteiger partial charge in [0, 0.05) is 28.0 Å². The molecule has 0 saturated heterocycles. The molecule has 0 fully saturated rings. The Morgan fingerprint density at radius 1 is 1.14 bits per heavy atom. The molecule has 0 unspecified atom stereocenters. The largest absolute Gasteiger partial charge is 0.294 e. The van der Waals surface area contributed by atoms with Gasteiger partial charge in [0.05, 0.1) is 10.5 Å². The summed E-state index contributed by atoms with van der Waals surface area (Å²) in [6.07, 6.45) is 2.07. The van der Waals surface area contributed by atoms with Crippen LogP contribution in [0.15, 0.2) is 59.2 Å². The summed E-state index contributed by atoms with van der Waals surface area (Å²) >= 11 is 9.37. The average Bonchev–Trinajstić information content (AvgIpc) is 2.50. The van der Waals surface area contributed by atoms with E-state index in [1.165, 1.54) is 0 Å². The van der Waals surface area contributed by atoms with Crippen LogP contribution in [0, 0.1) is 0 Å². The van der Waals surface area contributed by atoms with Crippen molar-refractivity contribution < 1.29 is 4.79 Å². The molecule has 2 nitrogen and oxygen atoms in total. The molecule has 3 rings (SSSR count). The molecule has 0 aliphatic carbocycles. The summed E-state index contributed by atoms with van der Waals surface area (Å²) in [5.74, 6) is 0.0424. The van der Waals surface area contributed by atoms with Crippen LogP contribution in [-0.4, -0.2) is 10.8 Å². The van der Waals surface area contributed by atoms with E-state index in [9.17, 15) is 4.79 Å². The molecule has 0 aliphatic rings. The van der Waals surface area contributed by atoms with E-state index in [0.717, 1.165) is 20.9 Å². The molecule has 104 valence electrons. The highest BCUT2D eigenvalue weighted by Gasteiger charge is 2.11. The zero-order valence-corrected chi connectivity index (χ0v) is 13.4. The number of hydrogen-bond acceptors (Lipinski definition) is 2. The molecule has 1 aromatic heterocycles. The maximum Gasteiger partial charge on any atom is 0.167 e. The van der Waals surface area contributed by atoms with E-state index >= 15 is 0 Å². The van der Waals surface area contributed by atoms with Crippen molar-refractivity contribution in [3.63, 3.8) is 0 Å². The first-order valence-corrected chi connectivity index (χ1v) is 7.63. The fourth-order valence-electron chi connectivity index (χ4n) is 2.25. The molecule has 0 amide bonds. The number of benzene rings is 2. The quantitative estimate of drug-likeness (QED) is 0.610. The Morgan fingerprint density at radius 3 is 2.76 bits per heavy atom. The van der Waals surface area contributed by atoms with Crippen LogP contribution >= 0.6 is 27.5 Å². The third-order valence-corrected chi connectivity index (χ3v) is 4.56. The van der Waals surface area contributed by atoms with Crippen molar-refractivity contribution in [3.05, 3.63) is 75.4 Å². The van der Waals surface area contributed by atoms with Crippen molar-refractivity contribution in [3.8, 4) is 0 Å². The molecule has 0 saturated carbocycles. The molecule has 1 heterocycles. The molecule has 0 atom stereocenters. The van der Waals surface area contributed by atoms with Gasteiger partial charge < -0.3 is 0 Å². The lowest BCUT2D eigenvalue weighted by Gasteiger charge is -2.06. The standard InChI is InChI=1S/C17H11BrClNO/c18-14-6-5-12(9-15(14)19)17(21)10-11-7-8-20-16-4-2-1-3-13(11)16/h1-9H,10H2. The van der Waals surface area contributed by atoms with Gasteiger partial charge in [-0.25, -0.2) is 0 Å². The summed E-state index contributed by atoms with van der Waals surface area (Å²) < 4.78 is 0.787. The van der Waals surface area contributed by atoms with Crippen LogP contribution in [0.1, 0.15) is 15.9 Å². The maximum atomic E-state index is 12.4.